The molecular weight excluding hydrogens is 260 g/mol. The van der Waals surface area contributed by atoms with Gasteiger partial charge in [0.1, 0.15) is 0 Å². The van der Waals surface area contributed by atoms with Gasteiger partial charge in [-0.25, -0.2) is 0 Å². The Labute approximate surface area is 127 Å². The van der Waals surface area contributed by atoms with Gasteiger partial charge in [-0.2, -0.15) is 0 Å². The van der Waals surface area contributed by atoms with Gasteiger partial charge in [0.2, 0.25) is 0 Å². The van der Waals surface area contributed by atoms with Crippen molar-refractivity contribution >= 4 is 0 Å². The standard InChI is InChI=1S/C18H26N2O/c1-2-9-19-16(4-1)14-6-7-15-13(12-14)8-11-21-18(15)17-5-3-10-20-17/h6-7,12,16-20H,1-5,8-11H2/t16?,17-,18+/m0/s1. The van der Waals surface area contributed by atoms with Gasteiger partial charge < -0.3 is 15.4 Å². The molecule has 2 saturated heterocycles. The minimum Gasteiger partial charge on any atom is -0.372 e. The zero-order valence-corrected chi connectivity index (χ0v) is 12.7. The molecule has 0 radical (unpaired) electrons. The average molecular weight is 286 g/mol. The molecular formula is C18H26N2O. The summed E-state index contributed by atoms with van der Waals surface area (Å²) in [5.41, 5.74) is 4.43. The third kappa shape index (κ3) is 2.75. The monoisotopic (exact) mass is 286 g/mol. The number of benzene rings is 1. The van der Waals surface area contributed by atoms with Gasteiger partial charge in [0.15, 0.2) is 0 Å². The molecule has 3 aliphatic heterocycles. The van der Waals surface area contributed by atoms with Crippen molar-refractivity contribution in [2.24, 2.45) is 0 Å². The summed E-state index contributed by atoms with van der Waals surface area (Å²) in [4.78, 5) is 0. The van der Waals surface area contributed by atoms with Crippen LogP contribution >= 0.6 is 0 Å². The number of hydrogen-bond acceptors (Lipinski definition) is 3. The molecule has 114 valence electrons. The molecule has 3 atom stereocenters. The fourth-order valence-electron chi connectivity index (χ4n) is 4.16. The van der Waals surface area contributed by atoms with E-state index < -0.39 is 0 Å². The Bertz CT molecular complexity index is 490. The van der Waals surface area contributed by atoms with Gasteiger partial charge in [-0.1, -0.05) is 24.6 Å². The van der Waals surface area contributed by atoms with Crippen LogP contribution in [0.5, 0.6) is 0 Å². The third-order valence-corrected chi connectivity index (χ3v) is 5.32. The number of hydrogen-bond donors (Lipinski definition) is 2. The molecule has 4 rings (SSSR count). The highest BCUT2D eigenvalue weighted by molar-refractivity contribution is 5.37. The van der Waals surface area contributed by atoms with E-state index in [2.05, 4.69) is 28.8 Å². The average Bonchev–Trinajstić information content (AvgIpc) is 3.09. The third-order valence-electron chi connectivity index (χ3n) is 5.32. The highest BCUT2D eigenvalue weighted by Gasteiger charge is 2.31. The Hall–Kier alpha value is -0.900. The van der Waals surface area contributed by atoms with Crippen LogP contribution in [0.4, 0.5) is 0 Å². The molecule has 0 aromatic heterocycles. The van der Waals surface area contributed by atoms with E-state index in [4.69, 9.17) is 4.74 Å². The number of fused-ring (bicyclic) bond motifs is 1. The van der Waals surface area contributed by atoms with Gasteiger partial charge in [0, 0.05) is 12.1 Å². The van der Waals surface area contributed by atoms with Gasteiger partial charge in [-0.3, -0.25) is 0 Å². The maximum Gasteiger partial charge on any atom is 0.0980 e. The molecule has 1 aromatic carbocycles. The zero-order chi connectivity index (χ0) is 14.1. The first-order chi connectivity index (χ1) is 10.4. The first-order valence-electron chi connectivity index (χ1n) is 8.63. The molecule has 3 nitrogen and oxygen atoms in total. The van der Waals surface area contributed by atoms with Crippen molar-refractivity contribution in [2.75, 3.05) is 19.7 Å². The molecule has 3 heterocycles. The summed E-state index contributed by atoms with van der Waals surface area (Å²) < 4.78 is 6.10. The lowest BCUT2D eigenvalue weighted by Crippen LogP contribution is -2.34. The van der Waals surface area contributed by atoms with E-state index in [0.29, 0.717) is 12.1 Å². The van der Waals surface area contributed by atoms with Gasteiger partial charge in [-0.15, -0.1) is 0 Å². The smallest absolute Gasteiger partial charge is 0.0980 e. The molecule has 3 heteroatoms. The molecule has 0 spiro atoms. The van der Waals surface area contributed by atoms with Crippen molar-refractivity contribution in [1.29, 1.82) is 0 Å². The summed E-state index contributed by atoms with van der Waals surface area (Å²) in [7, 11) is 0. The largest absolute Gasteiger partial charge is 0.372 e. The van der Waals surface area contributed by atoms with Crippen molar-refractivity contribution in [3.8, 4) is 0 Å². The summed E-state index contributed by atoms with van der Waals surface area (Å²) in [6, 6.07) is 8.20. The van der Waals surface area contributed by atoms with Gasteiger partial charge in [0.25, 0.3) is 0 Å². The van der Waals surface area contributed by atoms with E-state index in [-0.39, 0.29) is 6.10 Å². The second-order valence-corrected chi connectivity index (χ2v) is 6.70. The lowest BCUT2D eigenvalue weighted by molar-refractivity contribution is 0.0199. The fourth-order valence-corrected chi connectivity index (χ4v) is 4.16. The normalized spacial score (nSPS) is 32.9. The summed E-state index contributed by atoms with van der Waals surface area (Å²) >= 11 is 0. The fraction of sp³-hybridized carbons (Fsp3) is 0.667. The summed E-state index contributed by atoms with van der Waals surface area (Å²) in [5, 5.41) is 7.27. The van der Waals surface area contributed by atoms with Crippen molar-refractivity contribution in [3.63, 3.8) is 0 Å². The molecule has 1 aromatic rings. The molecule has 0 saturated carbocycles. The quantitative estimate of drug-likeness (QED) is 0.877. The van der Waals surface area contributed by atoms with Crippen molar-refractivity contribution in [3.05, 3.63) is 34.9 Å². The predicted octanol–water partition coefficient (Wildman–Crippen LogP) is 2.87. The number of nitrogens with one attached hydrogen (secondary N) is 2. The zero-order valence-electron chi connectivity index (χ0n) is 12.7. The van der Waals surface area contributed by atoms with E-state index in [9.17, 15) is 0 Å². The second kappa shape index (κ2) is 6.07. The Morgan fingerprint density at radius 2 is 1.95 bits per heavy atom. The van der Waals surface area contributed by atoms with Crippen LogP contribution in [0.15, 0.2) is 18.2 Å². The Balaban J connectivity index is 1.59. The van der Waals surface area contributed by atoms with Crippen LogP contribution in [0, 0.1) is 0 Å². The molecule has 0 amide bonds. The van der Waals surface area contributed by atoms with Crippen LogP contribution in [-0.2, 0) is 11.2 Å². The second-order valence-electron chi connectivity index (χ2n) is 6.70. The van der Waals surface area contributed by atoms with E-state index in [1.807, 2.05) is 0 Å². The van der Waals surface area contributed by atoms with Crippen LogP contribution in [0.1, 0.15) is 60.9 Å². The Kier molecular flexibility index (Phi) is 3.97. The van der Waals surface area contributed by atoms with Crippen LogP contribution < -0.4 is 10.6 Å². The maximum atomic E-state index is 6.10. The summed E-state index contributed by atoms with van der Waals surface area (Å²) in [5.74, 6) is 0. The van der Waals surface area contributed by atoms with Crippen LogP contribution in [0.3, 0.4) is 0 Å². The maximum absolute atomic E-state index is 6.10. The minimum absolute atomic E-state index is 0.268. The molecule has 3 aliphatic rings. The molecule has 0 bridgehead atoms. The summed E-state index contributed by atoms with van der Waals surface area (Å²) in [6.45, 7) is 3.18. The molecule has 1 unspecified atom stereocenters. The lowest BCUT2D eigenvalue weighted by atomic mass is 9.88. The van der Waals surface area contributed by atoms with E-state index in [1.165, 1.54) is 55.3 Å². The first kappa shape index (κ1) is 13.7. The molecule has 2 N–H and O–H groups in total. The highest BCUT2D eigenvalue weighted by Crippen LogP contribution is 2.35. The van der Waals surface area contributed by atoms with E-state index >= 15 is 0 Å². The topological polar surface area (TPSA) is 33.3 Å². The van der Waals surface area contributed by atoms with Gasteiger partial charge in [0.05, 0.1) is 12.7 Å². The van der Waals surface area contributed by atoms with Crippen molar-refractivity contribution in [2.45, 2.75) is 56.7 Å². The minimum atomic E-state index is 0.268. The summed E-state index contributed by atoms with van der Waals surface area (Å²) in [6.07, 6.45) is 7.82. The van der Waals surface area contributed by atoms with Gasteiger partial charge in [-0.05, 0) is 61.9 Å². The van der Waals surface area contributed by atoms with Crippen LogP contribution in [-0.4, -0.2) is 25.7 Å². The lowest BCUT2D eigenvalue weighted by Gasteiger charge is -2.32. The number of piperidine rings is 1. The van der Waals surface area contributed by atoms with E-state index in [1.54, 1.807) is 0 Å². The van der Waals surface area contributed by atoms with Crippen molar-refractivity contribution < 1.29 is 4.74 Å². The number of rotatable bonds is 2. The predicted molar refractivity (Wildman–Crippen MR) is 84.5 cm³/mol. The molecule has 0 aliphatic carbocycles. The Morgan fingerprint density at radius 3 is 2.76 bits per heavy atom. The molecule has 2 fully saturated rings. The number of ether oxygens (including phenoxy) is 1. The van der Waals surface area contributed by atoms with Crippen molar-refractivity contribution in [1.82, 2.24) is 10.6 Å². The first-order valence-corrected chi connectivity index (χ1v) is 8.63. The molecule has 21 heavy (non-hydrogen) atoms. The van der Waals surface area contributed by atoms with Crippen LogP contribution in [0.25, 0.3) is 0 Å². The highest BCUT2D eigenvalue weighted by atomic mass is 16.5. The van der Waals surface area contributed by atoms with Crippen LogP contribution in [0.2, 0.25) is 0 Å². The van der Waals surface area contributed by atoms with Gasteiger partial charge >= 0.3 is 0 Å². The Morgan fingerprint density at radius 1 is 1.00 bits per heavy atom. The van der Waals surface area contributed by atoms with E-state index in [0.717, 1.165) is 19.6 Å². The SMILES string of the molecule is c1cc2c(cc1C1CCCCN1)CCO[C@H]2[C@@H]1CCCN1.